The van der Waals surface area contributed by atoms with Crippen LogP contribution in [0.3, 0.4) is 0 Å². The lowest BCUT2D eigenvalue weighted by Crippen LogP contribution is -2.10. The van der Waals surface area contributed by atoms with Crippen molar-refractivity contribution >= 4 is 0 Å². The monoisotopic (exact) mass is 168 g/mol. The van der Waals surface area contributed by atoms with Gasteiger partial charge in [0.2, 0.25) is 0 Å². The van der Waals surface area contributed by atoms with E-state index < -0.39 is 0 Å². The van der Waals surface area contributed by atoms with E-state index in [1.165, 1.54) is 5.56 Å². The maximum Gasteiger partial charge on any atom is 0.0640 e. The summed E-state index contributed by atoms with van der Waals surface area (Å²) in [5.74, 6) is 0. The summed E-state index contributed by atoms with van der Waals surface area (Å²) < 4.78 is 1.76. The van der Waals surface area contributed by atoms with Crippen LogP contribution in [0.1, 0.15) is 26.3 Å². The first-order valence-electron chi connectivity index (χ1n) is 4.18. The predicted octanol–water partition coefficient (Wildman–Crippen LogP) is 1.17. The van der Waals surface area contributed by atoms with Crippen LogP contribution in [-0.2, 0) is 12.0 Å². The number of hydrogen-bond acceptors (Lipinski definition) is 2. The Bertz CT molecular complexity index is 247. The van der Waals surface area contributed by atoms with Crippen LogP contribution < -0.4 is 0 Å². The van der Waals surface area contributed by atoms with Gasteiger partial charge in [-0.25, -0.2) is 0 Å². The van der Waals surface area contributed by atoms with E-state index >= 15 is 0 Å². The summed E-state index contributed by atoms with van der Waals surface area (Å²) in [6.07, 6.45) is 3.84. The highest BCUT2D eigenvalue weighted by molar-refractivity contribution is 5.14. The van der Waals surface area contributed by atoms with Crippen LogP contribution >= 0.6 is 0 Å². The molecule has 0 aromatic carbocycles. The minimum Gasteiger partial charge on any atom is -0.394 e. The molecule has 3 heteroatoms. The van der Waals surface area contributed by atoms with Crippen LogP contribution in [0, 0.1) is 0 Å². The van der Waals surface area contributed by atoms with Crippen molar-refractivity contribution in [2.75, 3.05) is 6.61 Å². The summed E-state index contributed by atoms with van der Waals surface area (Å²) in [7, 11) is 0. The van der Waals surface area contributed by atoms with Gasteiger partial charge in [-0.3, -0.25) is 4.68 Å². The van der Waals surface area contributed by atoms with Crippen LogP contribution in [0.2, 0.25) is 0 Å². The lowest BCUT2D eigenvalue weighted by molar-refractivity contribution is 0.269. The number of aliphatic hydroxyl groups is 1. The summed E-state index contributed by atoms with van der Waals surface area (Å²) in [5, 5.41) is 12.8. The molecule has 3 nitrogen and oxygen atoms in total. The molecule has 0 radical (unpaired) electrons. The van der Waals surface area contributed by atoms with Gasteiger partial charge >= 0.3 is 0 Å². The third-order valence-corrected chi connectivity index (χ3v) is 1.83. The van der Waals surface area contributed by atoms with Crippen molar-refractivity contribution in [3.8, 4) is 0 Å². The maximum atomic E-state index is 8.67. The average molecular weight is 168 g/mol. The molecule has 68 valence electrons. The Hall–Kier alpha value is -0.830. The molecule has 0 saturated carbocycles. The molecule has 0 atom stereocenters. The molecule has 1 aromatic heterocycles. The van der Waals surface area contributed by atoms with Crippen molar-refractivity contribution in [2.24, 2.45) is 0 Å². The van der Waals surface area contributed by atoms with Crippen LogP contribution in [-0.4, -0.2) is 21.5 Å². The summed E-state index contributed by atoms with van der Waals surface area (Å²) in [4.78, 5) is 0. The van der Waals surface area contributed by atoms with Gasteiger partial charge in [0.05, 0.1) is 19.3 Å². The standard InChI is InChI=1S/C9H16N2O/c1-9(2,3)8-6-10-11(7-8)4-5-12/h6-7,12H,4-5H2,1-3H3. The topological polar surface area (TPSA) is 38.0 Å². The molecule has 0 fully saturated rings. The first-order valence-corrected chi connectivity index (χ1v) is 4.18. The zero-order valence-corrected chi connectivity index (χ0v) is 7.91. The van der Waals surface area contributed by atoms with Crippen molar-refractivity contribution in [3.05, 3.63) is 18.0 Å². The molecule has 0 saturated heterocycles. The highest BCUT2D eigenvalue weighted by Gasteiger charge is 2.15. The van der Waals surface area contributed by atoms with E-state index in [0.29, 0.717) is 6.54 Å². The SMILES string of the molecule is CC(C)(C)c1cnn(CCO)c1. The fourth-order valence-corrected chi connectivity index (χ4v) is 0.976. The van der Waals surface area contributed by atoms with E-state index in [2.05, 4.69) is 25.9 Å². The summed E-state index contributed by atoms with van der Waals surface area (Å²) in [5.41, 5.74) is 1.35. The van der Waals surface area contributed by atoms with Crippen molar-refractivity contribution in [1.82, 2.24) is 9.78 Å². The molecule has 1 aromatic rings. The van der Waals surface area contributed by atoms with Crippen molar-refractivity contribution in [2.45, 2.75) is 32.7 Å². The van der Waals surface area contributed by atoms with Gasteiger partial charge in [-0.05, 0) is 11.0 Å². The molecule has 0 aliphatic carbocycles. The second kappa shape index (κ2) is 3.27. The molecule has 1 heterocycles. The lowest BCUT2D eigenvalue weighted by Gasteiger charge is -2.14. The number of hydrogen-bond donors (Lipinski definition) is 1. The molecular formula is C9H16N2O. The summed E-state index contributed by atoms with van der Waals surface area (Å²) in [6, 6.07) is 0. The van der Waals surface area contributed by atoms with Crippen LogP contribution in [0.15, 0.2) is 12.4 Å². The minimum atomic E-state index is 0.144. The second-order valence-electron chi connectivity index (χ2n) is 3.97. The molecule has 0 amide bonds. The predicted molar refractivity (Wildman–Crippen MR) is 48.0 cm³/mol. The smallest absolute Gasteiger partial charge is 0.0640 e. The first-order chi connectivity index (χ1) is 5.54. The molecule has 1 rings (SSSR count). The minimum absolute atomic E-state index is 0.144. The molecular weight excluding hydrogens is 152 g/mol. The average Bonchev–Trinajstić information content (AvgIpc) is 2.35. The molecule has 0 aliphatic rings. The highest BCUT2D eigenvalue weighted by Crippen LogP contribution is 2.20. The Morgan fingerprint density at radius 1 is 1.50 bits per heavy atom. The molecule has 0 aliphatic heterocycles. The highest BCUT2D eigenvalue weighted by atomic mass is 16.3. The Kier molecular flexibility index (Phi) is 2.52. The van der Waals surface area contributed by atoms with Gasteiger partial charge in [-0.2, -0.15) is 5.10 Å². The third kappa shape index (κ3) is 2.08. The quantitative estimate of drug-likeness (QED) is 0.720. The Morgan fingerprint density at radius 3 is 2.58 bits per heavy atom. The summed E-state index contributed by atoms with van der Waals surface area (Å²) >= 11 is 0. The van der Waals surface area contributed by atoms with E-state index in [-0.39, 0.29) is 12.0 Å². The lowest BCUT2D eigenvalue weighted by atomic mass is 9.90. The van der Waals surface area contributed by atoms with Crippen molar-refractivity contribution in [3.63, 3.8) is 0 Å². The number of aliphatic hydroxyl groups excluding tert-OH is 1. The number of aromatic nitrogens is 2. The van der Waals surface area contributed by atoms with Gasteiger partial charge in [0.15, 0.2) is 0 Å². The number of rotatable bonds is 2. The van der Waals surface area contributed by atoms with Gasteiger partial charge in [0, 0.05) is 6.20 Å². The van der Waals surface area contributed by atoms with Crippen LogP contribution in [0.5, 0.6) is 0 Å². The molecule has 0 spiro atoms. The van der Waals surface area contributed by atoms with E-state index in [0.717, 1.165) is 0 Å². The molecule has 12 heavy (non-hydrogen) atoms. The fourth-order valence-electron chi connectivity index (χ4n) is 0.976. The second-order valence-corrected chi connectivity index (χ2v) is 3.97. The fraction of sp³-hybridized carbons (Fsp3) is 0.667. The molecule has 0 bridgehead atoms. The third-order valence-electron chi connectivity index (χ3n) is 1.83. The van der Waals surface area contributed by atoms with Crippen LogP contribution in [0.25, 0.3) is 0 Å². The maximum absolute atomic E-state index is 8.67. The van der Waals surface area contributed by atoms with E-state index in [1.54, 1.807) is 4.68 Å². The van der Waals surface area contributed by atoms with E-state index in [9.17, 15) is 0 Å². The molecule has 0 unspecified atom stereocenters. The normalized spacial score (nSPS) is 12.0. The summed E-state index contributed by atoms with van der Waals surface area (Å²) in [6.45, 7) is 7.16. The Labute approximate surface area is 73.0 Å². The zero-order valence-electron chi connectivity index (χ0n) is 7.91. The zero-order chi connectivity index (χ0) is 9.19. The number of nitrogens with zero attached hydrogens (tertiary/aromatic N) is 2. The van der Waals surface area contributed by atoms with Gasteiger partial charge in [-0.1, -0.05) is 20.8 Å². The van der Waals surface area contributed by atoms with Crippen molar-refractivity contribution < 1.29 is 5.11 Å². The Morgan fingerprint density at radius 2 is 2.17 bits per heavy atom. The van der Waals surface area contributed by atoms with E-state index in [1.807, 2.05) is 12.4 Å². The largest absolute Gasteiger partial charge is 0.394 e. The van der Waals surface area contributed by atoms with Crippen LogP contribution in [0.4, 0.5) is 0 Å². The first kappa shape index (κ1) is 9.26. The van der Waals surface area contributed by atoms with Gasteiger partial charge in [0.1, 0.15) is 0 Å². The van der Waals surface area contributed by atoms with Gasteiger partial charge < -0.3 is 5.11 Å². The van der Waals surface area contributed by atoms with Crippen molar-refractivity contribution in [1.29, 1.82) is 0 Å². The Balaban J connectivity index is 2.77. The van der Waals surface area contributed by atoms with Gasteiger partial charge in [0.25, 0.3) is 0 Å². The molecule has 1 N–H and O–H groups in total. The van der Waals surface area contributed by atoms with E-state index in [4.69, 9.17) is 5.11 Å². The van der Waals surface area contributed by atoms with Gasteiger partial charge in [-0.15, -0.1) is 0 Å².